The molecule has 154 valence electrons. The van der Waals surface area contributed by atoms with Gasteiger partial charge in [0.2, 0.25) is 0 Å². The molecule has 0 radical (unpaired) electrons. The van der Waals surface area contributed by atoms with Gasteiger partial charge in [0.15, 0.2) is 5.13 Å². The quantitative estimate of drug-likeness (QED) is 0.372. The van der Waals surface area contributed by atoms with Crippen molar-refractivity contribution in [2.24, 2.45) is 0 Å². The van der Waals surface area contributed by atoms with Gasteiger partial charge in [-0.3, -0.25) is 10.1 Å². The van der Waals surface area contributed by atoms with Crippen molar-refractivity contribution in [1.82, 2.24) is 14.8 Å². The van der Waals surface area contributed by atoms with Crippen LogP contribution in [0.4, 0.5) is 5.13 Å². The summed E-state index contributed by atoms with van der Waals surface area (Å²) in [5.41, 5.74) is 3.52. The normalized spacial score (nSPS) is 11.0. The third-order valence-corrected chi connectivity index (χ3v) is 6.74. The monoisotopic (exact) mass is 446 g/mol. The Hall–Kier alpha value is -3.49. The van der Waals surface area contributed by atoms with Crippen LogP contribution in [0, 0.1) is 6.92 Å². The number of carbonyl (C=O) groups is 1. The molecule has 0 atom stereocenters. The van der Waals surface area contributed by atoms with E-state index in [-0.39, 0.29) is 5.91 Å². The number of methoxy groups -OCH3 is 1. The smallest absolute Gasteiger partial charge is 0.267 e. The number of hydrogen-bond acceptors (Lipinski definition) is 6. The largest absolute Gasteiger partial charge is 0.496 e. The number of benzene rings is 2. The molecule has 0 unspecified atom stereocenters. The van der Waals surface area contributed by atoms with E-state index in [0.717, 1.165) is 38.6 Å². The minimum absolute atomic E-state index is 0.180. The minimum atomic E-state index is -0.180. The molecule has 0 saturated carbocycles. The maximum atomic E-state index is 12.9. The Kier molecular flexibility index (Phi) is 5.01. The molecule has 3 heterocycles. The number of rotatable bonds is 5. The molecular weight excluding hydrogens is 428 g/mol. The van der Waals surface area contributed by atoms with Gasteiger partial charge in [0, 0.05) is 16.3 Å². The van der Waals surface area contributed by atoms with Crippen LogP contribution >= 0.6 is 22.7 Å². The molecular formula is C23H18N4O2S2. The summed E-state index contributed by atoms with van der Waals surface area (Å²) in [6.45, 7) is 1.95. The highest BCUT2D eigenvalue weighted by Gasteiger charge is 2.18. The van der Waals surface area contributed by atoms with E-state index in [0.29, 0.717) is 10.0 Å². The summed E-state index contributed by atoms with van der Waals surface area (Å²) in [4.78, 5) is 19.1. The van der Waals surface area contributed by atoms with Crippen LogP contribution in [0.5, 0.6) is 5.75 Å². The molecule has 5 rings (SSSR count). The number of thiophene rings is 1. The lowest BCUT2D eigenvalue weighted by Gasteiger charge is -2.05. The zero-order chi connectivity index (χ0) is 21.4. The summed E-state index contributed by atoms with van der Waals surface area (Å²) in [6, 6.07) is 19.5. The van der Waals surface area contributed by atoms with Gasteiger partial charge < -0.3 is 4.74 Å². The second-order valence-corrected chi connectivity index (χ2v) is 8.74. The Morgan fingerprint density at radius 2 is 1.87 bits per heavy atom. The van der Waals surface area contributed by atoms with Crippen molar-refractivity contribution in [2.45, 2.75) is 6.92 Å². The van der Waals surface area contributed by atoms with Gasteiger partial charge >= 0.3 is 0 Å². The first kappa shape index (κ1) is 19.5. The molecule has 0 fully saturated rings. The van der Waals surface area contributed by atoms with Gasteiger partial charge in [0.05, 0.1) is 29.1 Å². The molecule has 5 aromatic rings. The van der Waals surface area contributed by atoms with Gasteiger partial charge in [-0.25, -0.2) is 9.67 Å². The number of nitrogens with one attached hydrogen (secondary N) is 1. The number of thiazole rings is 1. The van der Waals surface area contributed by atoms with Crippen LogP contribution in [-0.4, -0.2) is 27.8 Å². The molecule has 1 N–H and O–H groups in total. The molecule has 0 saturated heterocycles. The van der Waals surface area contributed by atoms with Crippen LogP contribution in [0.1, 0.15) is 15.4 Å². The molecule has 8 heteroatoms. The molecule has 0 bridgehead atoms. The van der Waals surface area contributed by atoms with Crippen molar-refractivity contribution in [3.8, 4) is 22.7 Å². The zero-order valence-electron chi connectivity index (χ0n) is 16.8. The topological polar surface area (TPSA) is 69.0 Å². The third kappa shape index (κ3) is 3.60. The van der Waals surface area contributed by atoms with E-state index in [1.807, 2.05) is 77.6 Å². The second kappa shape index (κ2) is 7.98. The number of aromatic nitrogens is 3. The first-order valence-electron chi connectivity index (χ1n) is 9.59. The summed E-state index contributed by atoms with van der Waals surface area (Å²) >= 11 is 2.81. The molecule has 0 aliphatic carbocycles. The Bertz CT molecular complexity index is 1390. The predicted molar refractivity (Wildman–Crippen MR) is 126 cm³/mol. The van der Waals surface area contributed by atoms with E-state index in [2.05, 4.69) is 15.4 Å². The number of aryl methyl sites for hydroxylation is 1. The molecule has 1 amide bonds. The first-order valence-corrected chi connectivity index (χ1v) is 11.3. The average Bonchev–Trinajstić information content (AvgIpc) is 3.51. The number of amides is 1. The third-order valence-electron chi connectivity index (χ3n) is 4.88. The van der Waals surface area contributed by atoms with E-state index >= 15 is 0 Å². The van der Waals surface area contributed by atoms with E-state index in [9.17, 15) is 4.79 Å². The van der Waals surface area contributed by atoms with Gasteiger partial charge in [-0.1, -0.05) is 30.3 Å². The summed E-state index contributed by atoms with van der Waals surface area (Å²) in [6.07, 6.45) is 0. The second-order valence-electron chi connectivity index (χ2n) is 6.85. The number of nitrogens with zero attached hydrogens (tertiary/aromatic N) is 3. The Balaban J connectivity index is 1.42. The summed E-state index contributed by atoms with van der Waals surface area (Å²) in [7, 11) is 1.63. The fourth-order valence-electron chi connectivity index (χ4n) is 3.37. The van der Waals surface area contributed by atoms with Crippen molar-refractivity contribution < 1.29 is 9.53 Å². The molecule has 0 spiro atoms. The molecule has 2 aromatic carbocycles. The van der Waals surface area contributed by atoms with Crippen LogP contribution in [-0.2, 0) is 0 Å². The molecule has 3 aromatic heterocycles. The highest BCUT2D eigenvalue weighted by atomic mass is 32.1. The van der Waals surface area contributed by atoms with Gasteiger partial charge in [-0.15, -0.1) is 22.7 Å². The van der Waals surface area contributed by atoms with Crippen LogP contribution in [0.25, 0.3) is 27.2 Å². The number of anilines is 1. The van der Waals surface area contributed by atoms with E-state index in [1.165, 1.54) is 22.7 Å². The maximum absolute atomic E-state index is 12.9. The summed E-state index contributed by atoms with van der Waals surface area (Å²) < 4.78 is 7.30. The number of fused-ring (bicyclic) bond motifs is 1. The lowest BCUT2D eigenvalue weighted by molar-refractivity contribution is 0.103. The summed E-state index contributed by atoms with van der Waals surface area (Å²) in [5.74, 6) is 0.567. The van der Waals surface area contributed by atoms with Crippen LogP contribution in [0.15, 0.2) is 66.0 Å². The van der Waals surface area contributed by atoms with Crippen molar-refractivity contribution in [2.75, 3.05) is 12.4 Å². The molecule has 31 heavy (non-hydrogen) atoms. The predicted octanol–water partition coefficient (Wildman–Crippen LogP) is 5.78. The van der Waals surface area contributed by atoms with Crippen molar-refractivity contribution >= 4 is 43.9 Å². The van der Waals surface area contributed by atoms with Gasteiger partial charge in [-0.05, 0) is 37.3 Å². The van der Waals surface area contributed by atoms with Gasteiger partial charge in [0.1, 0.15) is 10.6 Å². The van der Waals surface area contributed by atoms with Crippen LogP contribution < -0.4 is 10.1 Å². The first-order chi connectivity index (χ1) is 15.1. The van der Waals surface area contributed by atoms with Gasteiger partial charge in [0.25, 0.3) is 5.91 Å². The Morgan fingerprint density at radius 3 is 2.68 bits per heavy atom. The summed E-state index contributed by atoms with van der Waals surface area (Å²) in [5, 5.41) is 11.0. The van der Waals surface area contributed by atoms with E-state index < -0.39 is 0 Å². The Morgan fingerprint density at radius 1 is 1.10 bits per heavy atom. The fraction of sp³-hybridized carbons (Fsp3) is 0.0870. The minimum Gasteiger partial charge on any atom is -0.496 e. The lowest BCUT2D eigenvalue weighted by Crippen LogP contribution is -2.09. The molecule has 0 aliphatic heterocycles. The lowest BCUT2D eigenvalue weighted by atomic mass is 10.1. The maximum Gasteiger partial charge on any atom is 0.267 e. The van der Waals surface area contributed by atoms with Crippen LogP contribution in [0.2, 0.25) is 0 Å². The number of para-hydroxylation sites is 2. The molecule has 6 nitrogen and oxygen atoms in total. The fourth-order valence-corrected chi connectivity index (χ4v) is 5.16. The highest BCUT2D eigenvalue weighted by Crippen LogP contribution is 2.33. The van der Waals surface area contributed by atoms with Crippen molar-refractivity contribution in [3.05, 3.63) is 76.6 Å². The highest BCUT2D eigenvalue weighted by molar-refractivity contribution is 7.20. The molecule has 0 aliphatic rings. The SMILES string of the molecule is COc1ccccc1-c1csc(NC(=O)c2cc3c(C)nn(-c4ccccc4)c3s2)n1. The Labute approximate surface area is 186 Å². The zero-order valence-corrected chi connectivity index (χ0v) is 18.5. The number of ether oxygens (including phenoxy) is 1. The van der Waals surface area contributed by atoms with Crippen molar-refractivity contribution in [1.29, 1.82) is 0 Å². The number of carbonyl (C=O) groups excluding carboxylic acids is 1. The number of hydrogen-bond donors (Lipinski definition) is 1. The standard InChI is InChI=1S/C23H18N4O2S2/c1-14-17-12-20(31-22(17)27(26-14)15-8-4-3-5-9-15)21(28)25-23-24-18(13-30-23)16-10-6-7-11-19(16)29-2/h3-13H,1-2H3,(H,24,25,28). The van der Waals surface area contributed by atoms with E-state index in [1.54, 1.807) is 7.11 Å². The van der Waals surface area contributed by atoms with E-state index in [4.69, 9.17) is 4.74 Å². The average molecular weight is 447 g/mol. The van der Waals surface area contributed by atoms with Gasteiger partial charge in [-0.2, -0.15) is 5.10 Å². The van der Waals surface area contributed by atoms with Crippen molar-refractivity contribution in [3.63, 3.8) is 0 Å². The van der Waals surface area contributed by atoms with Crippen LogP contribution in [0.3, 0.4) is 0 Å².